The molecule has 0 saturated carbocycles. The lowest BCUT2D eigenvalue weighted by Crippen LogP contribution is -2.13. The minimum atomic E-state index is -3.15. The topological polar surface area (TPSA) is 73.3 Å². The zero-order valence-corrected chi connectivity index (χ0v) is 14.9. The number of thiazole rings is 1. The number of carbonyl (C=O) groups is 1. The summed E-state index contributed by atoms with van der Waals surface area (Å²) in [5.74, 6) is -0.759. The highest BCUT2D eigenvalue weighted by atomic mass is 35.5. The Hall–Kier alpha value is -1.70. The lowest BCUT2D eigenvalue weighted by molar-refractivity contribution is -0.145. The Morgan fingerprint density at radius 1 is 1.33 bits per heavy atom. The molecule has 0 fully saturated rings. The zero-order chi connectivity index (χ0) is 17.2. The van der Waals surface area contributed by atoms with Crippen molar-refractivity contribution in [3.63, 3.8) is 0 Å². The molecule has 0 aliphatic carbocycles. The molecule has 0 saturated heterocycles. The summed E-state index contributed by atoms with van der Waals surface area (Å²) in [5, 5.41) is 4.47. The van der Waals surface area contributed by atoms with Crippen molar-refractivity contribution in [2.45, 2.75) is 13.0 Å². The summed E-state index contributed by atoms with van der Waals surface area (Å²) in [7, 11) is -3.15. The van der Waals surface area contributed by atoms with E-state index in [0.29, 0.717) is 10.7 Å². The Labute approximate surface area is 148 Å². The van der Waals surface area contributed by atoms with Crippen molar-refractivity contribution in [3.8, 4) is 10.6 Å². The highest BCUT2D eigenvalue weighted by Crippen LogP contribution is 2.25. The molecule has 0 spiro atoms. The summed E-state index contributed by atoms with van der Waals surface area (Å²) in [6, 6.07) is 7.34. The second-order valence-electron chi connectivity index (χ2n) is 5.43. The number of rotatable bonds is 5. The summed E-state index contributed by atoms with van der Waals surface area (Å²) < 4.78 is 27.8. The van der Waals surface area contributed by atoms with Gasteiger partial charge in [0.2, 0.25) is 0 Å². The van der Waals surface area contributed by atoms with E-state index < -0.39 is 15.8 Å². The first-order valence-electron chi connectivity index (χ1n) is 7.18. The van der Waals surface area contributed by atoms with Gasteiger partial charge in [0.1, 0.15) is 11.6 Å². The minimum Gasteiger partial charge on any atom is -0.459 e. The molecule has 1 atom stereocenters. The standard InChI is InChI=1S/C16H14ClNO4S2/c17-13-3-1-12(2-4-13)16-18-14(9-23-16)8-22-15(19)7-11-5-6-24(20,21)10-11/h1-6,9,11H,7-8,10H2/t11-/m0/s1. The second kappa shape index (κ2) is 7.04. The van der Waals surface area contributed by atoms with Crippen LogP contribution in [0.5, 0.6) is 0 Å². The number of hydrogen-bond donors (Lipinski definition) is 0. The molecular weight excluding hydrogens is 370 g/mol. The van der Waals surface area contributed by atoms with E-state index in [1.54, 1.807) is 12.1 Å². The van der Waals surface area contributed by atoms with Gasteiger partial charge in [0.25, 0.3) is 0 Å². The van der Waals surface area contributed by atoms with Gasteiger partial charge in [0, 0.05) is 27.3 Å². The number of allylic oxidation sites excluding steroid dienone is 1. The lowest BCUT2D eigenvalue weighted by atomic mass is 10.1. The van der Waals surface area contributed by atoms with Crippen molar-refractivity contribution in [1.82, 2.24) is 4.98 Å². The molecule has 1 aromatic heterocycles. The number of esters is 1. The largest absolute Gasteiger partial charge is 0.459 e. The third kappa shape index (κ3) is 4.43. The van der Waals surface area contributed by atoms with Crippen LogP contribution in [0.1, 0.15) is 12.1 Å². The maximum atomic E-state index is 11.8. The van der Waals surface area contributed by atoms with Crippen molar-refractivity contribution in [3.05, 3.63) is 51.8 Å². The summed E-state index contributed by atoms with van der Waals surface area (Å²) in [6.07, 6.45) is 1.60. The summed E-state index contributed by atoms with van der Waals surface area (Å²) in [4.78, 5) is 16.2. The molecule has 1 aliphatic heterocycles. The maximum absolute atomic E-state index is 11.8. The predicted octanol–water partition coefficient (Wildman–Crippen LogP) is 3.46. The average molecular weight is 384 g/mol. The van der Waals surface area contributed by atoms with E-state index in [-0.39, 0.29) is 24.7 Å². The number of carbonyl (C=O) groups excluding carboxylic acids is 1. The van der Waals surface area contributed by atoms with Gasteiger partial charge >= 0.3 is 5.97 Å². The van der Waals surface area contributed by atoms with Crippen LogP contribution in [-0.2, 0) is 26.0 Å². The third-order valence-corrected chi connectivity index (χ3v) is 6.11. The van der Waals surface area contributed by atoms with Crippen molar-refractivity contribution >= 4 is 38.7 Å². The minimum absolute atomic E-state index is 0.0283. The summed E-state index contributed by atoms with van der Waals surface area (Å²) in [6.45, 7) is 0.0755. The quantitative estimate of drug-likeness (QED) is 0.739. The number of sulfone groups is 1. The third-order valence-electron chi connectivity index (χ3n) is 3.46. The fourth-order valence-electron chi connectivity index (χ4n) is 2.29. The summed E-state index contributed by atoms with van der Waals surface area (Å²) >= 11 is 7.32. The molecule has 1 aliphatic rings. The molecular formula is C16H14ClNO4S2. The van der Waals surface area contributed by atoms with Crippen molar-refractivity contribution in [2.24, 2.45) is 5.92 Å². The second-order valence-corrected chi connectivity index (χ2v) is 8.66. The van der Waals surface area contributed by atoms with Crippen LogP contribution in [0.15, 0.2) is 41.1 Å². The van der Waals surface area contributed by atoms with Crippen LogP contribution in [0.3, 0.4) is 0 Å². The average Bonchev–Trinajstić information content (AvgIpc) is 3.12. The fraction of sp³-hybridized carbons (Fsp3) is 0.250. The van der Waals surface area contributed by atoms with E-state index in [2.05, 4.69) is 4.98 Å². The van der Waals surface area contributed by atoms with Gasteiger partial charge in [-0.1, -0.05) is 29.8 Å². The van der Waals surface area contributed by atoms with Gasteiger partial charge < -0.3 is 4.74 Å². The van der Waals surface area contributed by atoms with Gasteiger partial charge in [-0.2, -0.15) is 0 Å². The molecule has 5 nitrogen and oxygen atoms in total. The fourth-order valence-corrected chi connectivity index (χ4v) is 4.63. The first kappa shape index (κ1) is 17.1. The molecule has 0 unspecified atom stereocenters. The maximum Gasteiger partial charge on any atom is 0.306 e. The smallest absolute Gasteiger partial charge is 0.306 e. The highest BCUT2D eigenvalue weighted by Gasteiger charge is 2.24. The van der Waals surface area contributed by atoms with Crippen molar-refractivity contribution in [2.75, 3.05) is 5.75 Å². The Morgan fingerprint density at radius 3 is 2.75 bits per heavy atom. The molecule has 0 bridgehead atoms. The predicted molar refractivity (Wildman–Crippen MR) is 93.4 cm³/mol. The van der Waals surface area contributed by atoms with Crippen LogP contribution < -0.4 is 0 Å². The van der Waals surface area contributed by atoms with E-state index >= 15 is 0 Å². The van der Waals surface area contributed by atoms with Crippen molar-refractivity contribution in [1.29, 1.82) is 0 Å². The van der Waals surface area contributed by atoms with Gasteiger partial charge in [-0.25, -0.2) is 13.4 Å². The van der Waals surface area contributed by atoms with E-state index in [0.717, 1.165) is 16.0 Å². The van der Waals surface area contributed by atoms with Crippen LogP contribution in [-0.4, -0.2) is 25.1 Å². The van der Waals surface area contributed by atoms with Crippen LogP contribution in [0.4, 0.5) is 0 Å². The van der Waals surface area contributed by atoms with E-state index in [9.17, 15) is 13.2 Å². The molecule has 2 aromatic rings. The molecule has 1 aromatic carbocycles. The molecule has 0 amide bonds. The molecule has 0 N–H and O–H groups in total. The molecule has 24 heavy (non-hydrogen) atoms. The molecule has 3 rings (SSSR count). The van der Waals surface area contributed by atoms with Gasteiger partial charge in [-0.3, -0.25) is 4.79 Å². The number of benzene rings is 1. The summed E-state index contributed by atoms with van der Waals surface area (Å²) in [5.41, 5.74) is 1.61. The number of aromatic nitrogens is 1. The Bertz CT molecular complexity index is 872. The van der Waals surface area contributed by atoms with Crippen LogP contribution in [0.25, 0.3) is 10.6 Å². The van der Waals surface area contributed by atoms with E-state index in [4.69, 9.17) is 16.3 Å². The normalized spacial score (nSPS) is 18.6. The lowest BCUT2D eigenvalue weighted by Gasteiger charge is -2.06. The molecule has 126 valence electrons. The van der Waals surface area contributed by atoms with Crippen LogP contribution in [0, 0.1) is 5.92 Å². The molecule has 2 heterocycles. The Morgan fingerprint density at radius 2 is 2.08 bits per heavy atom. The number of halogens is 1. The van der Waals surface area contributed by atoms with Gasteiger partial charge in [0.15, 0.2) is 9.84 Å². The van der Waals surface area contributed by atoms with E-state index in [1.165, 1.54) is 17.4 Å². The molecule has 0 radical (unpaired) electrons. The Balaban J connectivity index is 1.53. The van der Waals surface area contributed by atoms with E-state index in [1.807, 2.05) is 17.5 Å². The SMILES string of the molecule is O=C(C[C@@H]1C=CS(=O)(=O)C1)OCc1csc(-c2ccc(Cl)cc2)n1. The van der Waals surface area contributed by atoms with Gasteiger partial charge in [0.05, 0.1) is 17.9 Å². The van der Waals surface area contributed by atoms with Gasteiger partial charge in [-0.15, -0.1) is 11.3 Å². The zero-order valence-electron chi connectivity index (χ0n) is 12.5. The van der Waals surface area contributed by atoms with Crippen molar-refractivity contribution < 1.29 is 17.9 Å². The molecule has 8 heteroatoms. The first-order chi connectivity index (χ1) is 11.4. The van der Waals surface area contributed by atoms with Crippen LogP contribution >= 0.6 is 22.9 Å². The van der Waals surface area contributed by atoms with Crippen LogP contribution in [0.2, 0.25) is 5.02 Å². The first-order valence-corrected chi connectivity index (χ1v) is 10.2. The monoisotopic (exact) mass is 383 g/mol. The number of nitrogens with zero attached hydrogens (tertiary/aromatic N) is 1. The Kier molecular flexibility index (Phi) is 5.03. The van der Waals surface area contributed by atoms with Gasteiger partial charge in [-0.05, 0) is 12.1 Å². The number of ether oxygens (including phenoxy) is 1. The number of hydrogen-bond acceptors (Lipinski definition) is 6. The highest BCUT2D eigenvalue weighted by molar-refractivity contribution is 7.94.